The number of rotatable bonds is 5. The number of carbonyl (C=O) groups excluding carboxylic acids is 1. The number of methoxy groups -OCH3 is 1. The van der Waals surface area contributed by atoms with Gasteiger partial charge in [0.05, 0.1) is 22.9 Å². The largest absolute Gasteiger partial charge is 0.497 e. The average Bonchev–Trinajstić information content (AvgIpc) is 3.39. The van der Waals surface area contributed by atoms with Gasteiger partial charge in [0.1, 0.15) is 9.96 Å². The number of ether oxygens (including phenoxy) is 1. The van der Waals surface area contributed by atoms with E-state index in [1.807, 2.05) is 6.07 Å². The van der Waals surface area contributed by atoms with E-state index >= 15 is 0 Å². The van der Waals surface area contributed by atoms with E-state index in [0.29, 0.717) is 16.8 Å². The van der Waals surface area contributed by atoms with E-state index in [4.69, 9.17) is 4.74 Å². The zero-order valence-corrected chi connectivity index (χ0v) is 16.9. The number of sulfonamides is 1. The fourth-order valence-corrected chi connectivity index (χ4v) is 6.20. The van der Waals surface area contributed by atoms with E-state index < -0.39 is 10.0 Å². The summed E-state index contributed by atoms with van der Waals surface area (Å²) in [7, 11) is -2.23. The molecule has 1 amide bonds. The molecular weight excluding hydrogens is 406 g/mol. The maximum atomic E-state index is 12.7. The van der Waals surface area contributed by atoms with Gasteiger partial charge in [0, 0.05) is 18.5 Å². The Morgan fingerprint density at radius 1 is 1.26 bits per heavy atom. The Kier molecular flexibility index (Phi) is 4.79. The fourth-order valence-electron chi connectivity index (χ4n) is 2.91. The second kappa shape index (κ2) is 7.10. The van der Waals surface area contributed by atoms with Crippen LogP contribution in [0.2, 0.25) is 0 Å². The van der Waals surface area contributed by atoms with Crippen LogP contribution in [0.25, 0.3) is 10.2 Å². The standard InChI is InChI=1S/C17H17N3O4S3/c1-24-12-4-5-13-14(9-12)26-17(18-13)19-27(22,23)15-8-11(10-25-15)16(21)20-6-2-3-7-20/h4-5,8-10H,2-3,6-7H2,1H3,(H,18,19). The lowest BCUT2D eigenvalue weighted by atomic mass is 10.3. The number of anilines is 1. The van der Waals surface area contributed by atoms with Crippen LogP contribution in [0.1, 0.15) is 23.2 Å². The SMILES string of the molecule is COc1ccc2nc(NS(=O)(=O)c3cc(C(=O)N4CCCC4)cs3)sc2c1. The average molecular weight is 424 g/mol. The summed E-state index contributed by atoms with van der Waals surface area (Å²) in [6.07, 6.45) is 1.98. The van der Waals surface area contributed by atoms with Gasteiger partial charge in [-0.15, -0.1) is 11.3 Å². The van der Waals surface area contributed by atoms with E-state index in [0.717, 1.165) is 42.0 Å². The molecule has 0 atom stereocenters. The number of thiazole rings is 1. The lowest BCUT2D eigenvalue weighted by Gasteiger charge is -2.13. The summed E-state index contributed by atoms with van der Waals surface area (Å²) in [4.78, 5) is 18.5. The lowest BCUT2D eigenvalue weighted by Crippen LogP contribution is -2.27. The Morgan fingerprint density at radius 3 is 2.78 bits per heavy atom. The van der Waals surface area contributed by atoms with E-state index in [2.05, 4.69) is 9.71 Å². The van der Waals surface area contributed by atoms with Crippen molar-refractivity contribution in [2.24, 2.45) is 0 Å². The predicted molar refractivity (Wildman–Crippen MR) is 106 cm³/mol. The summed E-state index contributed by atoms with van der Waals surface area (Å²) in [6.45, 7) is 1.45. The van der Waals surface area contributed by atoms with Crippen LogP contribution in [-0.2, 0) is 10.0 Å². The van der Waals surface area contributed by atoms with Crippen molar-refractivity contribution in [3.63, 3.8) is 0 Å². The zero-order valence-electron chi connectivity index (χ0n) is 14.5. The van der Waals surface area contributed by atoms with Crippen molar-refractivity contribution in [3.05, 3.63) is 35.2 Å². The zero-order chi connectivity index (χ0) is 19.0. The highest BCUT2D eigenvalue weighted by molar-refractivity contribution is 7.94. The van der Waals surface area contributed by atoms with Crippen molar-refractivity contribution in [2.75, 3.05) is 24.9 Å². The first-order chi connectivity index (χ1) is 13.0. The minimum Gasteiger partial charge on any atom is -0.497 e. The highest BCUT2D eigenvalue weighted by Gasteiger charge is 2.24. The number of likely N-dealkylation sites (tertiary alicyclic amines) is 1. The number of hydrogen-bond donors (Lipinski definition) is 1. The first-order valence-electron chi connectivity index (χ1n) is 8.31. The molecule has 0 unspecified atom stereocenters. The number of amides is 1. The van der Waals surface area contributed by atoms with Gasteiger partial charge in [-0.1, -0.05) is 11.3 Å². The van der Waals surface area contributed by atoms with Gasteiger partial charge >= 0.3 is 0 Å². The smallest absolute Gasteiger partial charge is 0.273 e. The monoisotopic (exact) mass is 423 g/mol. The first-order valence-corrected chi connectivity index (χ1v) is 11.5. The molecule has 1 fully saturated rings. The van der Waals surface area contributed by atoms with Crippen LogP contribution in [0.3, 0.4) is 0 Å². The van der Waals surface area contributed by atoms with Crippen LogP contribution >= 0.6 is 22.7 Å². The molecular formula is C17H17N3O4S3. The van der Waals surface area contributed by atoms with Crippen LogP contribution in [0.15, 0.2) is 33.9 Å². The minimum absolute atomic E-state index is 0.0990. The summed E-state index contributed by atoms with van der Waals surface area (Å²) < 4.78 is 34.0. The lowest BCUT2D eigenvalue weighted by molar-refractivity contribution is 0.0793. The Morgan fingerprint density at radius 2 is 2.04 bits per heavy atom. The summed E-state index contributed by atoms with van der Waals surface area (Å²) in [5.74, 6) is 0.571. The van der Waals surface area contributed by atoms with Crippen LogP contribution in [0.4, 0.5) is 5.13 Å². The number of nitrogens with one attached hydrogen (secondary N) is 1. The molecule has 1 aliphatic rings. The summed E-state index contributed by atoms with van der Waals surface area (Å²) in [6, 6.07) is 6.79. The van der Waals surface area contributed by atoms with Gasteiger partial charge in [-0.2, -0.15) is 0 Å². The molecule has 7 nitrogen and oxygen atoms in total. The van der Waals surface area contributed by atoms with E-state index in [-0.39, 0.29) is 15.2 Å². The molecule has 2 aromatic heterocycles. The van der Waals surface area contributed by atoms with Gasteiger partial charge in [0.25, 0.3) is 15.9 Å². The van der Waals surface area contributed by atoms with E-state index in [9.17, 15) is 13.2 Å². The Balaban J connectivity index is 1.56. The fraction of sp³-hybridized carbons (Fsp3) is 0.294. The molecule has 1 saturated heterocycles. The van der Waals surface area contributed by atoms with Gasteiger partial charge in [-0.05, 0) is 37.1 Å². The van der Waals surface area contributed by atoms with E-state index in [1.54, 1.807) is 29.5 Å². The number of thiophene rings is 1. The van der Waals surface area contributed by atoms with Crippen molar-refractivity contribution in [1.82, 2.24) is 9.88 Å². The van der Waals surface area contributed by atoms with Gasteiger partial charge in [-0.3, -0.25) is 9.52 Å². The topological polar surface area (TPSA) is 88.6 Å². The number of aromatic nitrogens is 1. The number of carbonyl (C=O) groups is 1. The number of hydrogen-bond acceptors (Lipinski definition) is 7. The molecule has 0 spiro atoms. The quantitative estimate of drug-likeness (QED) is 0.679. The van der Waals surface area contributed by atoms with Crippen LogP contribution < -0.4 is 9.46 Å². The highest BCUT2D eigenvalue weighted by atomic mass is 32.2. The van der Waals surface area contributed by atoms with E-state index in [1.165, 1.54) is 17.4 Å². The van der Waals surface area contributed by atoms with Crippen LogP contribution in [-0.4, -0.2) is 44.4 Å². The van der Waals surface area contributed by atoms with Crippen molar-refractivity contribution in [2.45, 2.75) is 17.1 Å². The Bertz CT molecular complexity index is 1100. The maximum absolute atomic E-state index is 12.7. The number of fused-ring (bicyclic) bond motifs is 1. The molecule has 4 rings (SSSR count). The summed E-state index contributed by atoms with van der Waals surface area (Å²) in [5, 5.41) is 1.87. The van der Waals surface area contributed by atoms with Crippen molar-refractivity contribution in [3.8, 4) is 5.75 Å². The maximum Gasteiger partial charge on any atom is 0.273 e. The normalized spacial score (nSPS) is 14.6. The number of nitrogens with zero attached hydrogens (tertiary/aromatic N) is 2. The Labute approximate surface area is 164 Å². The highest BCUT2D eigenvalue weighted by Crippen LogP contribution is 2.31. The second-order valence-corrected chi connectivity index (χ2v) is 9.96. The molecule has 0 aliphatic carbocycles. The first kappa shape index (κ1) is 18.2. The molecule has 1 N–H and O–H groups in total. The predicted octanol–water partition coefficient (Wildman–Crippen LogP) is 3.40. The number of benzene rings is 1. The molecule has 142 valence electrons. The molecule has 0 radical (unpaired) electrons. The molecule has 27 heavy (non-hydrogen) atoms. The molecule has 3 aromatic rings. The van der Waals surface area contributed by atoms with Crippen LogP contribution in [0.5, 0.6) is 5.75 Å². The van der Waals surface area contributed by atoms with Crippen LogP contribution in [0, 0.1) is 0 Å². The molecule has 1 aromatic carbocycles. The molecule has 0 bridgehead atoms. The molecule has 10 heteroatoms. The molecule has 3 heterocycles. The summed E-state index contributed by atoms with van der Waals surface area (Å²) in [5.41, 5.74) is 1.10. The molecule has 0 saturated carbocycles. The Hall–Kier alpha value is -2.17. The summed E-state index contributed by atoms with van der Waals surface area (Å²) >= 11 is 2.26. The van der Waals surface area contributed by atoms with Crippen molar-refractivity contribution >= 4 is 54.0 Å². The second-order valence-electron chi connectivity index (χ2n) is 6.11. The van der Waals surface area contributed by atoms with Gasteiger partial charge < -0.3 is 9.64 Å². The van der Waals surface area contributed by atoms with Gasteiger partial charge in [-0.25, -0.2) is 13.4 Å². The van der Waals surface area contributed by atoms with Gasteiger partial charge in [0.2, 0.25) is 0 Å². The molecule has 1 aliphatic heterocycles. The van der Waals surface area contributed by atoms with Gasteiger partial charge in [0.15, 0.2) is 5.13 Å². The third-order valence-electron chi connectivity index (χ3n) is 4.30. The van der Waals surface area contributed by atoms with Crippen molar-refractivity contribution < 1.29 is 17.9 Å². The minimum atomic E-state index is -3.80. The van der Waals surface area contributed by atoms with Crippen molar-refractivity contribution in [1.29, 1.82) is 0 Å². The third kappa shape index (κ3) is 3.64. The third-order valence-corrected chi connectivity index (χ3v) is 8.14.